The van der Waals surface area contributed by atoms with Crippen molar-refractivity contribution >= 4 is 11.9 Å². The second-order valence-corrected chi connectivity index (χ2v) is 1.47. The molecule has 0 unspecified atom stereocenters. The van der Waals surface area contributed by atoms with Gasteiger partial charge >= 0.3 is 74.9 Å². The van der Waals surface area contributed by atoms with Crippen LogP contribution in [0.3, 0.4) is 0 Å². The zero-order chi connectivity index (χ0) is 8.57. The van der Waals surface area contributed by atoms with Crippen molar-refractivity contribution in [3.63, 3.8) is 0 Å². The van der Waals surface area contributed by atoms with Crippen molar-refractivity contribution in [2.24, 2.45) is 0 Å². The van der Waals surface area contributed by atoms with Crippen LogP contribution in [0.2, 0.25) is 0 Å². The smallest absolute Gasteiger partial charge is 0.550 e. The summed E-state index contributed by atoms with van der Waals surface area (Å²) in [6.07, 6.45) is 0.333. The molecule has 0 spiro atoms. The van der Waals surface area contributed by atoms with Crippen LogP contribution in [0.4, 0.5) is 0 Å². The third kappa shape index (κ3) is 35.7. The van der Waals surface area contributed by atoms with E-state index in [9.17, 15) is 14.7 Å². The van der Waals surface area contributed by atoms with Gasteiger partial charge in [0.1, 0.15) is 0 Å². The Morgan fingerprint density at radius 3 is 1.45 bits per heavy atom. The van der Waals surface area contributed by atoms with Crippen molar-refractivity contribution in [2.75, 3.05) is 0 Å². The Bertz CT molecular complexity index is 99.1. The van der Waals surface area contributed by atoms with Crippen LogP contribution in [-0.4, -0.2) is 17.0 Å². The number of hydrogen-bond acceptors (Lipinski definition) is 3. The minimum absolute atomic E-state index is 0. The third-order valence-electron chi connectivity index (χ3n) is 0.591. The quantitative estimate of drug-likeness (QED) is 0.573. The van der Waals surface area contributed by atoms with Crippen LogP contribution in [0.1, 0.15) is 26.7 Å². The molecule has 0 aromatic rings. The summed E-state index contributed by atoms with van der Waals surface area (Å²) in [5.74, 6) is -1.74. The van der Waals surface area contributed by atoms with Crippen molar-refractivity contribution < 1.29 is 88.7 Å². The molecule has 0 aliphatic heterocycles. The Morgan fingerprint density at radius 2 is 1.45 bits per heavy atom. The molecule has 0 aromatic carbocycles. The first-order valence-electron chi connectivity index (χ1n) is 2.96. The van der Waals surface area contributed by atoms with Gasteiger partial charge in [-0.25, -0.2) is 0 Å². The van der Waals surface area contributed by atoms with Crippen LogP contribution in [0.25, 0.3) is 0 Å². The zero-order valence-corrected chi connectivity index (χ0v) is 13.4. The molecule has 0 atom stereocenters. The fourth-order valence-corrected chi connectivity index (χ4v) is 0. The molecular formula is C6H11CsO4. The molecule has 4 nitrogen and oxygen atoms in total. The molecule has 0 rings (SSSR count). The minimum atomic E-state index is -0.995. The van der Waals surface area contributed by atoms with Gasteiger partial charge in [0.05, 0.1) is 0 Å². The minimum Gasteiger partial charge on any atom is -0.550 e. The van der Waals surface area contributed by atoms with Crippen molar-refractivity contribution in [3.8, 4) is 0 Å². The van der Waals surface area contributed by atoms with Crippen LogP contribution in [0, 0.1) is 0 Å². The van der Waals surface area contributed by atoms with E-state index in [1.807, 2.05) is 0 Å². The van der Waals surface area contributed by atoms with E-state index in [1.54, 1.807) is 6.92 Å². The van der Waals surface area contributed by atoms with Crippen molar-refractivity contribution in [1.82, 2.24) is 0 Å². The van der Waals surface area contributed by atoms with Gasteiger partial charge in [-0.2, -0.15) is 0 Å². The SMILES string of the molecule is CCC(=O)O.CCC(=O)[O-].[Cs+]. The zero-order valence-electron chi connectivity index (χ0n) is 7.09. The van der Waals surface area contributed by atoms with E-state index in [1.165, 1.54) is 6.92 Å². The van der Waals surface area contributed by atoms with Crippen LogP contribution in [0.15, 0.2) is 0 Å². The Balaban J connectivity index is -0.000000107. The molecule has 0 heterocycles. The van der Waals surface area contributed by atoms with Crippen LogP contribution >= 0.6 is 0 Å². The molecule has 0 aliphatic rings. The molecule has 0 radical (unpaired) electrons. The van der Waals surface area contributed by atoms with E-state index in [2.05, 4.69) is 0 Å². The number of carboxylic acids is 2. The summed E-state index contributed by atoms with van der Waals surface area (Å²) in [5.41, 5.74) is 0. The normalized spacial score (nSPS) is 6.73. The summed E-state index contributed by atoms with van der Waals surface area (Å²) >= 11 is 0. The first kappa shape index (κ1) is 17.9. The maximum atomic E-state index is 9.37. The predicted octanol–water partition coefficient (Wildman–Crippen LogP) is -3.37. The van der Waals surface area contributed by atoms with Gasteiger partial charge in [0, 0.05) is 12.4 Å². The molecule has 5 heteroatoms. The average Bonchev–Trinajstić information content (AvgIpc) is 1.89. The molecule has 60 valence electrons. The second-order valence-electron chi connectivity index (χ2n) is 1.47. The molecule has 0 amide bonds. The summed E-state index contributed by atoms with van der Waals surface area (Å²) in [6, 6.07) is 0. The fourth-order valence-electron chi connectivity index (χ4n) is 0. The molecule has 1 N–H and O–H groups in total. The van der Waals surface area contributed by atoms with Crippen molar-refractivity contribution in [1.29, 1.82) is 0 Å². The monoisotopic (exact) mass is 280 g/mol. The van der Waals surface area contributed by atoms with E-state index in [0.29, 0.717) is 0 Å². The fraction of sp³-hybridized carbons (Fsp3) is 0.667. The molecular weight excluding hydrogens is 269 g/mol. The maximum Gasteiger partial charge on any atom is 1.00 e. The predicted molar refractivity (Wildman–Crippen MR) is 33.2 cm³/mol. The van der Waals surface area contributed by atoms with Gasteiger partial charge in [-0.15, -0.1) is 0 Å². The van der Waals surface area contributed by atoms with E-state index in [0.717, 1.165) is 0 Å². The van der Waals surface area contributed by atoms with Crippen LogP contribution in [-0.2, 0) is 9.59 Å². The number of carbonyl (C=O) groups excluding carboxylic acids is 1. The number of carboxylic acid groups (broad SMARTS) is 2. The van der Waals surface area contributed by atoms with Gasteiger partial charge in [-0.1, -0.05) is 13.8 Å². The number of hydrogen-bond donors (Lipinski definition) is 1. The molecule has 0 saturated carbocycles. The maximum absolute atomic E-state index is 9.37. The number of aliphatic carboxylic acids is 2. The molecule has 0 saturated heterocycles. The van der Waals surface area contributed by atoms with Gasteiger partial charge < -0.3 is 15.0 Å². The molecule has 0 bridgehead atoms. The van der Waals surface area contributed by atoms with Crippen molar-refractivity contribution in [3.05, 3.63) is 0 Å². The van der Waals surface area contributed by atoms with E-state index in [4.69, 9.17) is 5.11 Å². The van der Waals surface area contributed by atoms with Gasteiger partial charge in [-0.05, 0) is 6.42 Å². The summed E-state index contributed by atoms with van der Waals surface area (Å²) in [6.45, 7) is 3.14. The third-order valence-corrected chi connectivity index (χ3v) is 0.591. The molecule has 11 heavy (non-hydrogen) atoms. The Labute approximate surface area is 125 Å². The van der Waals surface area contributed by atoms with Crippen LogP contribution < -0.4 is 74.0 Å². The first-order valence-corrected chi connectivity index (χ1v) is 2.96. The van der Waals surface area contributed by atoms with Gasteiger partial charge in [0.25, 0.3) is 0 Å². The first-order chi connectivity index (χ1) is 4.54. The standard InChI is InChI=1S/2C3H6O2.Cs/c2*1-2-3(4)5;/h2*2H2,1H3,(H,4,5);/q;;+1/p-1. The Morgan fingerprint density at radius 1 is 1.27 bits per heavy atom. The van der Waals surface area contributed by atoms with Crippen LogP contribution in [0.5, 0.6) is 0 Å². The number of rotatable bonds is 2. The van der Waals surface area contributed by atoms with E-state index in [-0.39, 0.29) is 81.7 Å². The van der Waals surface area contributed by atoms with Crippen molar-refractivity contribution in [2.45, 2.75) is 26.7 Å². The molecule has 0 aliphatic carbocycles. The molecule has 0 aromatic heterocycles. The average molecular weight is 280 g/mol. The van der Waals surface area contributed by atoms with Gasteiger partial charge in [0.15, 0.2) is 0 Å². The van der Waals surface area contributed by atoms with Gasteiger partial charge in [0.2, 0.25) is 0 Å². The molecule has 0 fully saturated rings. The Hall–Kier alpha value is 0.992. The van der Waals surface area contributed by atoms with Gasteiger partial charge in [-0.3, -0.25) is 4.79 Å². The topological polar surface area (TPSA) is 77.4 Å². The van der Waals surface area contributed by atoms with E-state index < -0.39 is 11.9 Å². The summed E-state index contributed by atoms with van der Waals surface area (Å²) in [4.78, 5) is 18.6. The summed E-state index contributed by atoms with van der Waals surface area (Å²) in [5, 5.41) is 17.0. The summed E-state index contributed by atoms with van der Waals surface area (Å²) < 4.78 is 0. The second kappa shape index (κ2) is 13.6. The largest absolute Gasteiger partial charge is 1.00 e. The Kier molecular flexibility index (Phi) is 22.1. The number of carbonyl (C=O) groups is 2. The summed E-state index contributed by atoms with van der Waals surface area (Å²) in [7, 11) is 0. The van der Waals surface area contributed by atoms with E-state index >= 15 is 0 Å².